The second kappa shape index (κ2) is 6.97. The first kappa shape index (κ1) is 15.3. The molecule has 3 N–H and O–H groups in total. The van der Waals surface area contributed by atoms with E-state index in [1.54, 1.807) is 0 Å². The molecule has 1 rings (SSSR count). The first-order chi connectivity index (χ1) is 9.01. The zero-order valence-electron chi connectivity index (χ0n) is 11.3. The van der Waals surface area contributed by atoms with Gasteiger partial charge in [0.15, 0.2) is 0 Å². The molecule has 0 atom stereocenters. The van der Waals surface area contributed by atoms with Crippen molar-refractivity contribution < 1.29 is 9.53 Å². The molecule has 0 amide bonds. The molecule has 7 heteroatoms. The molecule has 0 radical (unpaired) electrons. The molecule has 19 heavy (non-hydrogen) atoms. The van der Waals surface area contributed by atoms with Crippen molar-refractivity contribution in [3.8, 4) is 6.07 Å². The Morgan fingerprint density at radius 2 is 2.26 bits per heavy atom. The topological polar surface area (TPSA) is 91.4 Å². The Morgan fingerprint density at radius 1 is 1.58 bits per heavy atom. The fourth-order valence-electron chi connectivity index (χ4n) is 1.52. The van der Waals surface area contributed by atoms with E-state index in [4.69, 9.17) is 11.0 Å². The van der Waals surface area contributed by atoms with Crippen LogP contribution in [0.5, 0.6) is 0 Å². The molecule has 6 nitrogen and oxygen atoms in total. The molecule has 0 fully saturated rings. The summed E-state index contributed by atoms with van der Waals surface area (Å²) in [6.07, 6.45) is 0.934. The first-order valence-electron chi connectivity index (χ1n) is 5.80. The van der Waals surface area contributed by atoms with E-state index < -0.39 is 5.97 Å². The van der Waals surface area contributed by atoms with Gasteiger partial charge in [-0.2, -0.15) is 5.26 Å². The van der Waals surface area contributed by atoms with E-state index in [-0.39, 0.29) is 10.6 Å². The van der Waals surface area contributed by atoms with E-state index >= 15 is 0 Å². The number of thiophene rings is 1. The number of methoxy groups -OCH3 is 1. The Bertz CT molecular complexity index is 491. The predicted molar refractivity (Wildman–Crippen MR) is 76.4 cm³/mol. The van der Waals surface area contributed by atoms with E-state index in [1.807, 2.05) is 20.2 Å². The minimum Gasteiger partial charge on any atom is -0.465 e. The Labute approximate surface area is 116 Å². The maximum absolute atomic E-state index is 11.5. The van der Waals surface area contributed by atoms with Crippen molar-refractivity contribution >= 4 is 28.0 Å². The SMILES string of the molecule is COC(=O)c1sc(NCCCN(C)C)c(C#N)c1N. The zero-order chi connectivity index (χ0) is 14.4. The van der Waals surface area contributed by atoms with E-state index in [9.17, 15) is 4.79 Å². The lowest BCUT2D eigenvalue weighted by atomic mass is 10.2. The summed E-state index contributed by atoms with van der Waals surface area (Å²) >= 11 is 1.16. The van der Waals surface area contributed by atoms with Gasteiger partial charge in [-0.3, -0.25) is 0 Å². The van der Waals surface area contributed by atoms with Gasteiger partial charge < -0.3 is 20.7 Å². The Balaban J connectivity index is 2.78. The highest BCUT2D eigenvalue weighted by Gasteiger charge is 2.21. The van der Waals surface area contributed by atoms with Crippen molar-refractivity contribution in [1.29, 1.82) is 5.26 Å². The number of ether oxygens (including phenoxy) is 1. The summed E-state index contributed by atoms with van der Waals surface area (Å²) in [5.41, 5.74) is 6.29. The number of nitrogens with two attached hydrogens (primary N) is 1. The van der Waals surface area contributed by atoms with Crippen LogP contribution in [-0.2, 0) is 4.74 Å². The molecule has 1 aromatic rings. The van der Waals surface area contributed by atoms with Gasteiger partial charge in [0.05, 0.1) is 12.8 Å². The maximum Gasteiger partial charge on any atom is 0.350 e. The Hall–Kier alpha value is -1.78. The number of nitrogens with zero attached hydrogens (tertiary/aromatic N) is 2. The minimum atomic E-state index is -0.514. The van der Waals surface area contributed by atoms with Crippen LogP contribution in [0.1, 0.15) is 21.7 Å². The van der Waals surface area contributed by atoms with E-state index in [0.717, 1.165) is 24.3 Å². The number of carbonyl (C=O) groups excluding carboxylic acids is 1. The van der Waals surface area contributed by atoms with Gasteiger partial charge in [-0.25, -0.2) is 4.79 Å². The molecule has 0 aliphatic carbocycles. The van der Waals surface area contributed by atoms with Gasteiger partial charge in [-0.15, -0.1) is 11.3 Å². The standard InChI is InChI=1S/C12H18N4O2S/c1-16(2)6-4-5-15-11-8(7-13)9(14)10(19-11)12(17)18-3/h15H,4-6,14H2,1-3H3. The highest BCUT2D eigenvalue weighted by Crippen LogP contribution is 2.35. The highest BCUT2D eigenvalue weighted by molar-refractivity contribution is 7.18. The molecule has 104 valence electrons. The third-order valence-electron chi connectivity index (χ3n) is 2.50. The van der Waals surface area contributed by atoms with Crippen LogP contribution in [0.15, 0.2) is 0 Å². The van der Waals surface area contributed by atoms with Crippen molar-refractivity contribution in [2.24, 2.45) is 0 Å². The predicted octanol–water partition coefficient (Wildman–Crippen LogP) is 1.35. The van der Waals surface area contributed by atoms with Crippen molar-refractivity contribution in [2.45, 2.75) is 6.42 Å². The van der Waals surface area contributed by atoms with Gasteiger partial charge >= 0.3 is 5.97 Å². The number of rotatable bonds is 6. The normalized spacial score (nSPS) is 10.3. The van der Waals surface area contributed by atoms with Crippen molar-refractivity contribution in [1.82, 2.24) is 4.90 Å². The first-order valence-corrected chi connectivity index (χ1v) is 6.62. The van der Waals surface area contributed by atoms with Crippen molar-refractivity contribution in [2.75, 3.05) is 45.3 Å². The summed E-state index contributed by atoms with van der Waals surface area (Å²) < 4.78 is 4.63. The number of hydrogen-bond donors (Lipinski definition) is 2. The molecule has 0 unspecified atom stereocenters. The smallest absolute Gasteiger partial charge is 0.350 e. The van der Waals surface area contributed by atoms with E-state index in [2.05, 4.69) is 15.0 Å². The van der Waals surface area contributed by atoms with Crippen LogP contribution in [0.25, 0.3) is 0 Å². The largest absolute Gasteiger partial charge is 0.465 e. The zero-order valence-corrected chi connectivity index (χ0v) is 12.1. The third-order valence-corrected chi connectivity index (χ3v) is 3.64. The fraction of sp³-hybridized carbons (Fsp3) is 0.500. The molecule has 0 bridgehead atoms. The number of nitrogens with one attached hydrogen (secondary N) is 1. The summed E-state index contributed by atoms with van der Waals surface area (Å²) in [5, 5.41) is 12.9. The summed E-state index contributed by atoms with van der Waals surface area (Å²) in [6.45, 7) is 1.66. The number of esters is 1. The van der Waals surface area contributed by atoms with Gasteiger partial charge in [0.2, 0.25) is 0 Å². The quantitative estimate of drug-likeness (QED) is 0.604. The van der Waals surface area contributed by atoms with Crippen LogP contribution in [-0.4, -0.2) is 45.2 Å². The molecule has 0 aromatic carbocycles. The lowest BCUT2D eigenvalue weighted by Gasteiger charge is -2.09. The summed E-state index contributed by atoms with van der Waals surface area (Å²) in [7, 11) is 5.29. The summed E-state index contributed by atoms with van der Waals surface area (Å²) in [5.74, 6) is -0.514. The van der Waals surface area contributed by atoms with Crippen LogP contribution in [0, 0.1) is 11.3 Å². The number of hydrogen-bond acceptors (Lipinski definition) is 7. The number of nitrogen functional groups attached to an aromatic ring is 1. The van der Waals surface area contributed by atoms with Gasteiger partial charge in [-0.05, 0) is 27.1 Å². The third kappa shape index (κ3) is 3.84. The summed E-state index contributed by atoms with van der Waals surface area (Å²) in [6, 6.07) is 2.02. The second-order valence-corrected chi connectivity index (χ2v) is 5.26. The lowest BCUT2D eigenvalue weighted by molar-refractivity contribution is 0.0607. The minimum absolute atomic E-state index is 0.189. The van der Waals surface area contributed by atoms with Crippen LogP contribution in [0.2, 0.25) is 0 Å². The molecular weight excluding hydrogens is 264 g/mol. The van der Waals surface area contributed by atoms with Gasteiger partial charge in [-0.1, -0.05) is 0 Å². The maximum atomic E-state index is 11.5. The Kier molecular flexibility index (Phi) is 5.60. The molecule has 0 saturated heterocycles. The average Bonchev–Trinajstić information content (AvgIpc) is 2.70. The van der Waals surface area contributed by atoms with Gasteiger partial charge in [0, 0.05) is 6.54 Å². The monoisotopic (exact) mass is 282 g/mol. The van der Waals surface area contributed by atoms with Gasteiger partial charge in [0.1, 0.15) is 21.5 Å². The molecule has 0 spiro atoms. The molecule has 1 heterocycles. The van der Waals surface area contributed by atoms with Crippen LogP contribution in [0.3, 0.4) is 0 Å². The number of nitriles is 1. The van der Waals surface area contributed by atoms with Crippen LogP contribution in [0.4, 0.5) is 10.7 Å². The molecular formula is C12H18N4O2S. The van der Waals surface area contributed by atoms with Gasteiger partial charge in [0.25, 0.3) is 0 Å². The fourth-order valence-corrected chi connectivity index (χ4v) is 2.54. The number of anilines is 2. The Morgan fingerprint density at radius 3 is 2.79 bits per heavy atom. The van der Waals surface area contributed by atoms with Crippen molar-refractivity contribution in [3.05, 3.63) is 10.4 Å². The van der Waals surface area contributed by atoms with E-state index in [1.165, 1.54) is 7.11 Å². The molecule has 1 aromatic heterocycles. The molecule has 0 aliphatic heterocycles. The van der Waals surface area contributed by atoms with Crippen molar-refractivity contribution in [3.63, 3.8) is 0 Å². The average molecular weight is 282 g/mol. The van der Waals surface area contributed by atoms with Crippen LogP contribution >= 0.6 is 11.3 Å². The molecule has 0 saturated carbocycles. The molecule has 0 aliphatic rings. The lowest BCUT2D eigenvalue weighted by Crippen LogP contribution is -2.16. The summed E-state index contributed by atoms with van der Waals surface area (Å²) in [4.78, 5) is 13.9. The second-order valence-electron chi connectivity index (χ2n) is 4.24. The highest BCUT2D eigenvalue weighted by atomic mass is 32.1. The number of carbonyl (C=O) groups is 1. The van der Waals surface area contributed by atoms with E-state index in [0.29, 0.717) is 17.1 Å². The van der Waals surface area contributed by atoms with Crippen LogP contribution < -0.4 is 11.1 Å².